The molecule has 0 amide bonds. The van der Waals surface area contributed by atoms with E-state index in [0.717, 1.165) is 22.3 Å². The third-order valence-electron chi connectivity index (χ3n) is 4.33. The summed E-state index contributed by atoms with van der Waals surface area (Å²) in [4.78, 5) is 4.27. The molecule has 0 fully saturated rings. The third-order valence-corrected chi connectivity index (χ3v) is 5.46. The maximum Gasteiger partial charge on any atom is 0.175 e. The average Bonchev–Trinajstić information content (AvgIpc) is 3.03. The maximum absolute atomic E-state index is 11.6. The first-order valence-corrected chi connectivity index (χ1v) is 9.66. The predicted octanol–water partition coefficient (Wildman–Crippen LogP) is 1.94. The molecular formula is C19H19NO4S. The second-order valence-electron chi connectivity index (χ2n) is 6.20. The molecule has 1 aliphatic rings. The molecular weight excluding hydrogens is 338 g/mol. The van der Waals surface area contributed by atoms with E-state index in [2.05, 4.69) is 4.98 Å². The molecule has 0 atom stereocenters. The zero-order chi connectivity index (χ0) is 18.1. The number of aliphatic hydroxyl groups is 2. The van der Waals surface area contributed by atoms with Gasteiger partial charge in [0.25, 0.3) is 0 Å². The van der Waals surface area contributed by atoms with E-state index in [4.69, 9.17) is 0 Å². The number of rotatable bonds is 5. The molecule has 0 aliphatic heterocycles. The molecule has 6 heteroatoms. The minimum absolute atomic E-state index is 0.219. The Kier molecular flexibility index (Phi) is 4.60. The van der Waals surface area contributed by atoms with Crippen LogP contribution >= 0.6 is 0 Å². The van der Waals surface area contributed by atoms with Gasteiger partial charge in [-0.15, -0.1) is 0 Å². The molecule has 25 heavy (non-hydrogen) atoms. The van der Waals surface area contributed by atoms with Crippen molar-refractivity contribution < 1.29 is 18.6 Å². The summed E-state index contributed by atoms with van der Waals surface area (Å²) in [5.74, 6) is 0. The van der Waals surface area contributed by atoms with E-state index in [0.29, 0.717) is 0 Å². The molecule has 2 N–H and O–H groups in total. The molecule has 130 valence electrons. The Balaban J connectivity index is 2.10. The lowest BCUT2D eigenvalue weighted by atomic mass is 9.92. The SMILES string of the molecule is CS(=O)(=O)c1ccc(C2=CC(CO)(CO)C=C2c2ccncc2)cc1. The Morgan fingerprint density at radius 3 is 1.80 bits per heavy atom. The number of benzene rings is 1. The molecule has 0 saturated heterocycles. The molecule has 2 aromatic rings. The average molecular weight is 357 g/mol. The summed E-state index contributed by atoms with van der Waals surface area (Å²) in [7, 11) is -3.26. The fourth-order valence-corrected chi connectivity index (χ4v) is 3.53. The van der Waals surface area contributed by atoms with Gasteiger partial charge in [-0.25, -0.2) is 8.42 Å². The van der Waals surface area contributed by atoms with Crippen molar-refractivity contribution in [1.29, 1.82) is 0 Å². The van der Waals surface area contributed by atoms with Crippen LogP contribution in [0.3, 0.4) is 0 Å². The summed E-state index contributed by atoms with van der Waals surface area (Å²) < 4.78 is 23.3. The van der Waals surface area contributed by atoms with Gasteiger partial charge < -0.3 is 10.2 Å². The van der Waals surface area contributed by atoms with Crippen molar-refractivity contribution in [3.05, 3.63) is 72.1 Å². The Hall–Kier alpha value is -2.28. The molecule has 0 spiro atoms. The fourth-order valence-electron chi connectivity index (χ4n) is 2.90. The van der Waals surface area contributed by atoms with Gasteiger partial charge in [-0.05, 0) is 46.5 Å². The van der Waals surface area contributed by atoms with Gasteiger partial charge in [-0.2, -0.15) is 0 Å². The van der Waals surface area contributed by atoms with Crippen molar-refractivity contribution >= 4 is 21.0 Å². The van der Waals surface area contributed by atoms with E-state index < -0.39 is 15.3 Å². The molecule has 0 bridgehead atoms. The fraction of sp³-hybridized carbons (Fsp3) is 0.211. The van der Waals surface area contributed by atoms with Crippen LogP contribution in [0.4, 0.5) is 0 Å². The van der Waals surface area contributed by atoms with Crippen LogP contribution in [-0.2, 0) is 9.84 Å². The van der Waals surface area contributed by atoms with Crippen LogP contribution in [0, 0.1) is 5.41 Å². The van der Waals surface area contributed by atoms with Gasteiger partial charge >= 0.3 is 0 Å². The van der Waals surface area contributed by atoms with Gasteiger partial charge in [0.1, 0.15) is 0 Å². The van der Waals surface area contributed by atoms with Gasteiger partial charge in [0.15, 0.2) is 9.84 Å². The number of aromatic nitrogens is 1. The Morgan fingerprint density at radius 1 is 0.880 bits per heavy atom. The monoisotopic (exact) mass is 357 g/mol. The Labute approximate surface area is 146 Å². The first-order valence-electron chi connectivity index (χ1n) is 7.77. The second kappa shape index (κ2) is 6.55. The largest absolute Gasteiger partial charge is 0.395 e. The number of hydrogen-bond acceptors (Lipinski definition) is 5. The van der Waals surface area contributed by atoms with Crippen LogP contribution in [0.1, 0.15) is 11.1 Å². The molecule has 1 aromatic heterocycles. The highest BCUT2D eigenvalue weighted by Gasteiger charge is 2.32. The minimum Gasteiger partial charge on any atom is -0.395 e. The van der Waals surface area contributed by atoms with Crippen LogP contribution < -0.4 is 0 Å². The molecule has 0 radical (unpaired) electrons. The van der Waals surface area contributed by atoms with Crippen molar-refractivity contribution in [2.45, 2.75) is 4.90 Å². The topological polar surface area (TPSA) is 87.5 Å². The molecule has 0 saturated carbocycles. The lowest BCUT2D eigenvalue weighted by Crippen LogP contribution is -2.23. The molecule has 1 heterocycles. The molecule has 5 nitrogen and oxygen atoms in total. The number of allylic oxidation sites excluding steroid dienone is 2. The van der Waals surface area contributed by atoms with Gasteiger partial charge in [0.2, 0.25) is 0 Å². The second-order valence-corrected chi connectivity index (χ2v) is 8.21. The van der Waals surface area contributed by atoms with E-state index >= 15 is 0 Å². The minimum atomic E-state index is -3.26. The van der Waals surface area contributed by atoms with Gasteiger partial charge in [0, 0.05) is 18.6 Å². The summed E-state index contributed by atoms with van der Waals surface area (Å²) >= 11 is 0. The Bertz CT molecular complexity index is 925. The third kappa shape index (κ3) is 3.42. The van der Waals surface area contributed by atoms with Crippen molar-refractivity contribution in [2.24, 2.45) is 5.41 Å². The normalized spacial score (nSPS) is 16.4. The summed E-state index contributed by atoms with van der Waals surface area (Å²) in [5, 5.41) is 19.5. The molecule has 0 unspecified atom stereocenters. The maximum atomic E-state index is 11.6. The van der Waals surface area contributed by atoms with Crippen LogP contribution in [0.15, 0.2) is 65.8 Å². The van der Waals surface area contributed by atoms with Gasteiger partial charge in [0.05, 0.1) is 23.5 Å². The molecule has 1 aliphatic carbocycles. The first-order chi connectivity index (χ1) is 11.9. The zero-order valence-electron chi connectivity index (χ0n) is 13.8. The highest BCUT2D eigenvalue weighted by Crippen LogP contribution is 2.43. The lowest BCUT2D eigenvalue weighted by molar-refractivity contribution is 0.131. The number of aliphatic hydroxyl groups excluding tert-OH is 2. The van der Waals surface area contributed by atoms with Gasteiger partial charge in [-0.3, -0.25) is 4.98 Å². The van der Waals surface area contributed by atoms with E-state index in [1.807, 2.05) is 24.3 Å². The van der Waals surface area contributed by atoms with Gasteiger partial charge in [-0.1, -0.05) is 24.3 Å². The number of sulfone groups is 1. The van der Waals surface area contributed by atoms with E-state index in [1.54, 1.807) is 36.7 Å². The highest BCUT2D eigenvalue weighted by molar-refractivity contribution is 7.90. The summed E-state index contributed by atoms with van der Waals surface area (Å²) in [5.41, 5.74) is 2.60. The highest BCUT2D eigenvalue weighted by atomic mass is 32.2. The number of pyridine rings is 1. The van der Waals surface area contributed by atoms with Crippen molar-refractivity contribution in [3.8, 4) is 0 Å². The Morgan fingerprint density at radius 2 is 1.36 bits per heavy atom. The van der Waals surface area contributed by atoms with Crippen molar-refractivity contribution in [3.63, 3.8) is 0 Å². The summed E-state index contributed by atoms with van der Waals surface area (Å²) in [6, 6.07) is 10.3. The van der Waals surface area contributed by atoms with Crippen LogP contribution in [0.5, 0.6) is 0 Å². The summed E-state index contributed by atoms with van der Waals surface area (Å²) in [6.45, 7) is -0.438. The smallest absolute Gasteiger partial charge is 0.175 e. The van der Waals surface area contributed by atoms with Crippen LogP contribution in [-0.4, -0.2) is 43.1 Å². The standard InChI is InChI=1S/C19H19NO4S/c1-25(23,24)16-4-2-14(3-5-16)17-10-19(12-21,13-22)11-18(17)15-6-8-20-9-7-15/h2-11,21-22H,12-13H2,1H3. The zero-order valence-corrected chi connectivity index (χ0v) is 14.6. The van der Waals surface area contributed by atoms with Crippen LogP contribution in [0.2, 0.25) is 0 Å². The van der Waals surface area contributed by atoms with E-state index in [-0.39, 0.29) is 18.1 Å². The first kappa shape index (κ1) is 17.5. The van der Waals surface area contributed by atoms with Crippen molar-refractivity contribution in [2.75, 3.05) is 19.5 Å². The molecule has 3 rings (SSSR count). The quantitative estimate of drug-likeness (QED) is 0.854. The molecule has 1 aromatic carbocycles. The number of hydrogen-bond donors (Lipinski definition) is 2. The van der Waals surface area contributed by atoms with E-state index in [9.17, 15) is 18.6 Å². The van der Waals surface area contributed by atoms with Crippen molar-refractivity contribution in [1.82, 2.24) is 4.98 Å². The predicted molar refractivity (Wildman–Crippen MR) is 96.3 cm³/mol. The van der Waals surface area contributed by atoms with Crippen LogP contribution in [0.25, 0.3) is 11.1 Å². The number of nitrogens with zero attached hydrogens (tertiary/aromatic N) is 1. The summed E-state index contributed by atoms with van der Waals surface area (Å²) in [6.07, 6.45) is 8.21. The lowest BCUT2D eigenvalue weighted by Gasteiger charge is -2.18. The van der Waals surface area contributed by atoms with E-state index in [1.165, 1.54) is 6.26 Å².